The molecule has 0 aliphatic heterocycles. The molecule has 0 aromatic rings. The molecular formula is C6H16O2Si. The van der Waals surface area contributed by atoms with Gasteiger partial charge in [0.2, 0.25) is 0 Å². The van der Waals surface area contributed by atoms with Gasteiger partial charge >= 0.3 is 0 Å². The van der Waals surface area contributed by atoms with Crippen LogP contribution < -0.4 is 0 Å². The SMILES string of the molecule is C[Si](C)(C)C(CO)CO. The summed E-state index contributed by atoms with van der Waals surface area (Å²) in [7, 11) is -1.29. The Morgan fingerprint density at radius 3 is 1.44 bits per heavy atom. The predicted molar refractivity (Wildman–Crippen MR) is 41.3 cm³/mol. The predicted octanol–water partition coefficient (Wildman–Crippen LogP) is 0.679. The zero-order valence-electron chi connectivity index (χ0n) is 6.39. The molecule has 0 spiro atoms. The number of aliphatic hydroxyl groups excluding tert-OH is 2. The minimum Gasteiger partial charge on any atom is -0.396 e. The van der Waals surface area contributed by atoms with E-state index in [0.29, 0.717) is 0 Å². The second kappa shape index (κ2) is 3.34. The first kappa shape index (κ1) is 9.14. The number of hydrogen-bond acceptors (Lipinski definition) is 2. The molecule has 0 heterocycles. The van der Waals surface area contributed by atoms with Gasteiger partial charge in [0.05, 0.1) is 8.07 Å². The Kier molecular flexibility index (Phi) is 3.39. The zero-order valence-corrected chi connectivity index (χ0v) is 7.39. The van der Waals surface area contributed by atoms with Gasteiger partial charge in [0.1, 0.15) is 0 Å². The van der Waals surface area contributed by atoms with E-state index in [4.69, 9.17) is 10.2 Å². The highest BCUT2D eigenvalue weighted by atomic mass is 28.3. The van der Waals surface area contributed by atoms with Crippen LogP contribution in [0.4, 0.5) is 0 Å². The maximum absolute atomic E-state index is 8.74. The fourth-order valence-corrected chi connectivity index (χ4v) is 1.70. The molecule has 2 nitrogen and oxygen atoms in total. The van der Waals surface area contributed by atoms with Crippen molar-refractivity contribution in [2.24, 2.45) is 0 Å². The number of rotatable bonds is 3. The van der Waals surface area contributed by atoms with Crippen molar-refractivity contribution in [3.05, 3.63) is 0 Å². The van der Waals surface area contributed by atoms with Crippen molar-refractivity contribution < 1.29 is 10.2 Å². The highest BCUT2D eigenvalue weighted by molar-refractivity contribution is 6.77. The maximum Gasteiger partial charge on any atom is 0.0529 e. The van der Waals surface area contributed by atoms with Gasteiger partial charge in [-0.3, -0.25) is 0 Å². The molecule has 0 rings (SSSR count). The van der Waals surface area contributed by atoms with Gasteiger partial charge < -0.3 is 10.2 Å². The van der Waals surface area contributed by atoms with E-state index in [0.717, 1.165) is 0 Å². The van der Waals surface area contributed by atoms with Crippen molar-refractivity contribution in [2.75, 3.05) is 13.2 Å². The summed E-state index contributed by atoms with van der Waals surface area (Å²) in [5.41, 5.74) is 0.150. The molecule has 0 fully saturated rings. The molecule has 0 aliphatic carbocycles. The third-order valence-electron chi connectivity index (χ3n) is 1.67. The van der Waals surface area contributed by atoms with Crippen LogP contribution in [0.25, 0.3) is 0 Å². The van der Waals surface area contributed by atoms with Crippen LogP contribution in [-0.4, -0.2) is 31.5 Å². The zero-order chi connectivity index (χ0) is 7.49. The standard InChI is InChI=1S/C6H16O2Si/c1-9(2,3)6(4-7)5-8/h6-8H,4-5H2,1-3H3. The third-order valence-corrected chi connectivity index (χ3v) is 4.48. The van der Waals surface area contributed by atoms with E-state index in [-0.39, 0.29) is 18.8 Å². The summed E-state index contributed by atoms with van der Waals surface area (Å²) < 4.78 is 0. The summed E-state index contributed by atoms with van der Waals surface area (Å²) in [6, 6.07) is 0. The summed E-state index contributed by atoms with van der Waals surface area (Å²) in [6.45, 7) is 6.69. The van der Waals surface area contributed by atoms with Crippen LogP contribution in [0.15, 0.2) is 0 Å². The quantitative estimate of drug-likeness (QED) is 0.578. The average Bonchev–Trinajstić information content (AvgIpc) is 1.65. The van der Waals surface area contributed by atoms with Crippen LogP contribution in [0.3, 0.4) is 0 Å². The fourth-order valence-electron chi connectivity index (χ4n) is 0.605. The van der Waals surface area contributed by atoms with Crippen LogP contribution >= 0.6 is 0 Å². The monoisotopic (exact) mass is 148 g/mol. The lowest BCUT2D eigenvalue weighted by molar-refractivity contribution is 0.217. The lowest BCUT2D eigenvalue weighted by Crippen LogP contribution is -2.32. The summed E-state index contributed by atoms with van der Waals surface area (Å²) in [5, 5.41) is 17.5. The molecule has 0 saturated carbocycles. The molecule has 0 radical (unpaired) electrons. The van der Waals surface area contributed by atoms with Gasteiger partial charge in [0.25, 0.3) is 0 Å². The molecule has 0 atom stereocenters. The van der Waals surface area contributed by atoms with Crippen LogP contribution in [0.2, 0.25) is 25.2 Å². The van der Waals surface area contributed by atoms with E-state index in [1.165, 1.54) is 0 Å². The van der Waals surface area contributed by atoms with E-state index < -0.39 is 8.07 Å². The molecule has 0 bridgehead atoms. The summed E-state index contributed by atoms with van der Waals surface area (Å²) in [5.74, 6) is 0. The van der Waals surface area contributed by atoms with Crippen LogP contribution in [-0.2, 0) is 0 Å². The smallest absolute Gasteiger partial charge is 0.0529 e. The molecule has 9 heavy (non-hydrogen) atoms. The Morgan fingerprint density at radius 2 is 1.44 bits per heavy atom. The second-order valence-corrected chi connectivity index (χ2v) is 8.98. The highest BCUT2D eigenvalue weighted by Gasteiger charge is 2.24. The van der Waals surface area contributed by atoms with Gasteiger partial charge in [-0.1, -0.05) is 19.6 Å². The van der Waals surface area contributed by atoms with Gasteiger partial charge in [-0.15, -0.1) is 0 Å². The van der Waals surface area contributed by atoms with Crippen molar-refractivity contribution in [3.8, 4) is 0 Å². The second-order valence-electron chi connectivity index (χ2n) is 3.43. The van der Waals surface area contributed by atoms with Crippen molar-refractivity contribution in [1.82, 2.24) is 0 Å². The summed E-state index contributed by atoms with van der Waals surface area (Å²) >= 11 is 0. The van der Waals surface area contributed by atoms with Crippen molar-refractivity contribution in [3.63, 3.8) is 0 Å². The Labute approximate surface area is 57.5 Å². The van der Waals surface area contributed by atoms with Crippen LogP contribution in [0.5, 0.6) is 0 Å². The molecule has 56 valence electrons. The molecule has 0 aromatic heterocycles. The van der Waals surface area contributed by atoms with Gasteiger partial charge in [-0.05, 0) is 5.54 Å². The molecule has 0 aliphatic rings. The van der Waals surface area contributed by atoms with E-state index in [1.807, 2.05) is 0 Å². The largest absolute Gasteiger partial charge is 0.396 e. The fraction of sp³-hybridized carbons (Fsp3) is 1.00. The van der Waals surface area contributed by atoms with Crippen molar-refractivity contribution >= 4 is 8.07 Å². The molecular weight excluding hydrogens is 132 g/mol. The Balaban J connectivity index is 3.79. The van der Waals surface area contributed by atoms with Crippen molar-refractivity contribution in [2.45, 2.75) is 25.2 Å². The minimum atomic E-state index is -1.29. The first-order chi connectivity index (χ1) is 4.02. The summed E-state index contributed by atoms with van der Waals surface area (Å²) in [6.07, 6.45) is 0. The van der Waals surface area contributed by atoms with E-state index in [2.05, 4.69) is 19.6 Å². The Morgan fingerprint density at radius 1 is 1.11 bits per heavy atom. The van der Waals surface area contributed by atoms with Crippen molar-refractivity contribution in [1.29, 1.82) is 0 Å². The van der Waals surface area contributed by atoms with Gasteiger partial charge in [-0.2, -0.15) is 0 Å². The third kappa shape index (κ3) is 2.98. The normalized spacial score (nSPS) is 12.7. The highest BCUT2D eigenvalue weighted by Crippen LogP contribution is 2.19. The lowest BCUT2D eigenvalue weighted by atomic mass is 10.5. The van der Waals surface area contributed by atoms with Crippen LogP contribution in [0.1, 0.15) is 0 Å². The van der Waals surface area contributed by atoms with Gasteiger partial charge in [-0.25, -0.2) is 0 Å². The number of hydrogen-bond donors (Lipinski definition) is 2. The topological polar surface area (TPSA) is 40.5 Å². The molecule has 0 saturated heterocycles. The van der Waals surface area contributed by atoms with Gasteiger partial charge in [0.15, 0.2) is 0 Å². The molecule has 0 aromatic carbocycles. The van der Waals surface area contributed by atoms with Crippen LogP contribution in [0, 0.1) is 0 Å². The first-order valence-electron chi connectivity index (χ1n) is 3.24. The summed E-state index contributed by atoms with van der Waals surface area (Å²) in [4.78, 5) is 0. The Hall–Kier alpha value is 0.137. The number of aliphatic hydroxyl groups is 2. The molecule has 0 unspecified atom stereocenters. The molecule has 2 N–H and O–H groups in total. The molecule has 3 heteroatoms. The maximum atomic E-state index is 8.74. The molecule has 0 amide bonds. The van der Waals surface area contributed by atoms with E-state index >= 15 is 0 Å². The Bertz CT molecular complexity index is 73.6. The van der Waals surface area contributed by atoms with Gasteiger partial charge in [0, 0.05) is 13.2 Å². The van der Waals surface area contributed by atoms with E-state index in [9.17, 15) is 0 Å². The lowest BCUT2D eigenvalue weighted by Gasteiger charge is -2.24. The average molecular weight is 148 g/mol. The minimum absolute atomic E-state index is 0.131. The first-order valence-corrected chi connectivity index (χ1v) is 6.81. The van der Waals surface area contributed by atoms with E-state index in [1.54, 1.807) is 0 Å².